The van der Waals surface area contributed by atoms with E-state index in [0.29, 0.717) is 0 Å². The number of hydrogen-bond donors (Lipinski definition) is 2. The second-order valence-corrected chi connectivity index (χ2v) is 9.98. The van der Waals surface area contributed by atoms with Gasteiger partial charge in [0.05, 0.1) is 0 Å². The van der Waals surface area contributed by atoms with Gasteiger partial charge in [0.15, 0.2) is 0 Å². The van der Waals surface area contributed by atoms with Crippen molar-refractivity contribution in [3.8, 4) is 11.5 Å². The molecule has 148 valence electrons. The van der Waals surface area contributed by atoms with Gasteiger partial charge < -0.3 is 14.8 Å². The lowest BCUT2D eigenvalue weighted by Crippen LogP contribution is -2.01. The maximum absolute atomic E-state index is 11.7. The number of rotatable bonds is 8. The van der Waals surface area contributed by atoms with Crippen LogP contribution in [0.15, 0.2) is 60.7 Å². The van der Waals surface area contributed by atoms with E-state index in [1.807, 2.05) is 10.8 Å². The Kier molecular flexibility index (Phi) is 10.2. The first-order chi connectivity index (χ1) is 13.1. The van der Waals surface area contributed by atoms with Crippen LogP contribution in [-0.2, 0) is 4.57 Å². The van der Waals surface area contributed by atoms with E-state index >= 15 is 0 Å². The molecule has 2 aromatic rings. The highest BCUT2D eigenvalue weighted by atomic mass is 33.1. The lowest BCUT2D eigenvalue weighted by molar-refractivity contribution is 0.291. The summed E-state index contributed by atoms with van der Waals surface area (Å²) < 4.78 is 21.5. The van der Waals surface area contributed by atoms with Gasteiger partial charge in [-0.2, -0.15) is 0 Å². The van der Waals surface area contributed by atoms with Crippen LogP contribution in [-0.4, -0.2) is 22.4 Å². The molecule has 0 saturated carbocycles. The molecule has 8 heteroatoms. The molecular formula is C19H26NO4PS2. The molecule has 1 unspecified atom stereocenters. The molecule has 1 fully saturated rings. The predicted molar refractivity (Wildman–Crippen MR) is 115 cm³/mol. The number of phosphoric ester groups is 1. The first kappa shape index (κ1) is 22.2. The normalized spacial score (nSPS) is 16.3. The molecule has 3 N–H and O–H groups in total. The predicted octanol–water partition coefficient (Wildman–Crippen LogP) is 5.51. The second-order valence-electron chi connectivity index (χ2n) is 5.89. The zero-order chi connectivity index (χ0) is 19.4. The summed E-state index contributed by atoms with van der Waals surface area (Å²) in [4.78, 5) is 9.53. The summed E-state index contributed by atoms with van der Waals surface area (Å²) in [5.41, 5.74) is 5.40. The number of hydrogen-bond acceptors (Lipinski definition) is 6. The third-order valence-corrected chi connectivity index (χ3v) is 7.53. The Bertz CT molecular complexity index is 639. The summed E-state index contributed by atoms with van der Waals surface area (Å²) in [6, 6.07) is 16.7. The molecule has 0 amide bonds. The van der Waals surface area contributed by atoms with Gasteiger partial charge in [-0.05, 0) is 50.1 Å². The van der Waals surface area contributed by atoms with Gasteiger partial charge in [0.1, 0.15) is 11.5 Å². The van der Waals surface area contributed by atoms with Crippen LogP contribution in [0.4, 0.5) is 0 Å². The SMILES string of the molecule is NCCCCC1CCSS1.O=P(O)(Oc1ccccc1)Oc1ccccc1. The average molecular weight is 428 g/mol. The van der Waals surface area contributed by atoms with E-state index in [9.17, 15) is 9.46 Å². The van der Waals surface area contributed by atoms with Crippen molar-refractivity contribution in [3.05, 3.63) is 60.7 Å². The highest BCUT2D eigenvalue weighted by molar-refractivity contribution is 8.77. The van der Waals surface area contributed by atoms with Crippen molar-refractivity contribution in [1.29, 1.82) is 0 Å². The molecule has 0 radical (unpaired) electrons. The quantitative estimate of drug-likeness (QED) is 0.326. The van der Waals surface area contributed by atoms with Crippen molar-refractivity contribution in [3.63, 3.8) is 0 Å². The van der Waals surface area contributed by atoms with Gasteiger partial charge in [-0.1, -0.05) is 64.4 Å². The van der Waals surface area contributed by atoms with Crippen molar-refractivity contribution in [2.24, 2.45) is 5.73 Å². The summed E-state index contributed by atoms with van der Waals surface area (Å²) >= 11 is 0. The van der Waals surface area contributed by atoms with E-state index in [-0.39, 0.29) is 11.5 Å². The Labute approximate surface area is 169 Å². The van der Waals surface area contributed by atoms with E-state index in [2.05, 4.69) is 10.8 Å². The van der Waals surface area contributed by atoms with Gasteiger partial charge in [-0.25, -0.2) is 4.57 Å². The fourth-order valence-corrected chi connectivity index (χ4v) is 6.17. The van der Waals surface area contributed by atoms with Gasteiger partial charge in [-0.15, -0.1) is 0 Å². The topological polar surface area (TPSA) is 81.8 Å². The van der Waals surface area contributed by atoms with Gasteiger partial charge in [0, 0.05) is 11.0 Å². The van der Waals surface area contributed by atoms with Gasteiger partial charge in [-0.3, -0.25) is 4.89 Å². The fourth-order valence-electron chi connectivity index (χ4n) is 2.33. The monoisotopic (exact) mass is 427 g/mol. The number of para-hydroxylation sites is 2. The van der Waals surface area contributed by atoms with Gasteiger partial charge >= 0.3 is 7.82 Å². The van der Waals surface area contributed by atoms with Crippen molar-refractivity contribution in [2.45, 2.75) is 30.9 Å². The number of phosphoric acid groups is 1. The summed E-state index contributed by atoms with van der Waals surface area (Å²) in [5, 5.41) is 0.941. The van der Waals surface area contributed by atoms with Crippen molar-refractivity contribution in [2.75, 3.05) is 12.3 Å². The van der Waals surface area contributed by atoms with Crippen LogP contribution in [0.25, 0.3) is 0 Å². The number of nitrogens with two attached hydrogens (primary N) is 1. The Morgan fingerprint density at radius 3 is 2.00 bits per heavy atom. The number of benzene rings is 2. The Balaban J connectivity index is 0.000000223. The molecule has 1 atom stereocenters. The molecule has 1 heterocycles. The van der Waals surface area contributed by atoms with E-state index in [1.165, 1.54) is 31.4 Å². The molecule has 0 spiro atoms. The average Bonchev–Trinajstić information content (AvgIpc) is 3.17. The van der Waals surface area contributed by atoms with Crippen LogP contribution in [0.5, 0.6) is 11.5 Å². The van der Waals surface area contributed by atoms with Crippen LogP contribution in [0.1, 0.15) is 25.7 Å². The molecule has 5 nitrogen and oxygen atoms in total. The van der Waals surface area contributed by atoms with E-state index in [4.69, 9.17) is 14.8 Å². The summed E-state index contributed by atoms with van der Waals surface area (Å²) in [5.74, 6) is 1.93. The maximum Gasteiger partial charge on any atom is 0.584 e. The molecule has 27 heavy (non-hydrogen) atoms. The van der Waals surface area contributed by atoms with E-state index in [0.717, 1.165) is 11.8 Å². The molecule has 3 rings (SSSR count). The molecule has 0 aromatic heterocycles. The summed E-state index contributed by atoms with van der Waals surface area (Å²) in [6.45, 7) is 0.866. The molecule has 0 aliphatic carbocycles. The zero-order valence-electron chi connectivity index (χ0n) is 15.1. The van der Waals surface area contributed by atoms with E-state index in [1.54, 1.807) is 60.7 Å². The Hall–Kier alpha value is -1.11. The smallest absolute Gasteiger partial charge is 0.395 e. The van der Waals surface area contributed by atoms with E-state index < -0.39 is 7.82 Å². The molecule has 0 bridgehead atoms. The maximum atomic E-state index is 11.7. The van der Waals surface area contributed by atoms with Crippen molar-refractivity contribution in [1.82, 2.24) is 0 Å². The van der Waals surface area contributed by atoms with Crippen LogP contribution >= 0.6 is 29.4 Å². The summed E-state index contributed by atoms with van der Waals surface area (Å²) in [7, 11) is -0.0420. The van der Waals surface area contributed by atoms with Crippen molar-refractivity contribution < 1.29 is 18.5 Å². The minimum absolute atomic E-state index is 0.286. The first-order valence-corrected chi connectivity index (χ1v) is 12.8. The fraction of sp³-hybridized carbons (Fsp3) is 0.368. The third kappa shape index (κ3) is 9.58. The molecular weight excluding hydrogens is 401 g/mol. The van der Waals surface area contributed by atoms with Crippen molar-refractivity contribution >= 4 is 29.4 Å². The minimum atomic E-state index is -4.14. The molecule has 1 saturated heterocycles. The molecule has 2 aromatic carbocycles. The number of unbranched alkanes of at least 4 members (excludes halogenated alkanes) is 1. The first-order valence-electron chi connectivity index (χ1n) is 8.89. The lowest BCUT2D eigenvalue weighted by Gasteiger charge is -2.13. The zero-order valence-corrected chi connectivity index (χ0v) is 17.6. The second kappa shape index (κ2) is 12.4. The van der Waals surface area contributed by atoms with Crippen LogP contribution < -0.4 is 14.8 Å². The molecule has 1 aliphatic heterocycles. The summed E-state index contributed by atoms with van der Waals surface area (Å²) in [6.07, 6.45) is 5.34. The largest absolute Gasteiger partial charge is 0.584 e. The lowest BCUT2D eigenvalue weighted by atomic mass is 10.1. The Morgan fingerprint density at radius 2 is 1.56 bits per heavy atom. The van der Waals surface area contributed by atoms with Crippen LogP contribution in [0.3, 0.4) is 0 Å². The highest BCUT2D eigenvalue weighted by Gasteiger charge is 2.24. The third-order valence-electron chi connectivity index (χ3n) is 3.64. The van der Waals surface area contributed by atoms with Gasteiger partial charge in [0.2, 0.25) is 0 Å². The minimum Gasteiger partial charge on any atom is -0.395 e. The highest BCUT2D eigenvalue weighted by Crippen LogP contribution is 2.44. The Morgan fingerprint density at radius 1 is 1.00 bits per heavy atom. The van der Waals surface area contributed by atoms with Crippen LogP contribution in [0, 0.1) is 0 Å². The standard InChI is InChI=1S/C12H11O4P.C7H15NS2/c13-17(14,15-11-7-3-1-4-8-11)16-12-9-5-2-6-10-12;8-5-2-1-3-7-4-6-9-10-7/h1-10H,(H,13,14);7H,1-6,8H2. The van der Waals surface area contributed by atoms with Crippen LogP contribution in [0.2, 0.25) is 0 Å². The molecule has 1 aliphatic rings. The van der Waals surface area contributed by atoms with Gasteiger partial charge in [0.25, 0.3) is 0 Å².